The standard InChI is InChI=1S/C16H24N2O3/c1-3-6-13(17)11-15(19)18(10-9-16(20)21)14-8-5-4-7-12(14)2/h4-5,7-8,13H,3,6,9-11,17H2,1-2H3,(H,20,21). The number of hydrogen-bond donors (Lipinski definition) is 2. The maximum atomic E-state index is 12.4. The van der Waals surface area contributed by atoms with Gasteiger partial charge in [0, 0.05) is 24.7 Å². The van der Waals surface area contributed by atoms with Crippen LogP contribution < -0.4 is 10.6 Å². The van der Waals surface area contributed by atoms with Gasteiger partial charge in [0.2, 0.25) is 5.91 Å². The van der Waals surface area contributed by atoms with Crippen molar-refractivity contribution >= 4 is 17.6 Å². The molecule has 0 radical (unpaired) electrons. The summed E-state index contributed by atoms with van der Waals surface area (Å²) < 4.78 is 0. The van der Waals surface area contributed by atoms with Gasteiger partial charge in [0.25, 0.3) is 0 Å². The van der Waals surface area contributed by atoms with Gasteiger partial charge in [-0.1, -0.05) is 31.5 Å². The Morgan fingerprint density at radius 1 is 1.33 bits per heavy atom. The third kappa shape index (κ3) is 5.55. The number of hydrogen-bond acceptors (Lipinski definition) is 3. The van der Waals surface area contributed by atoms with Gasteiger partial charge in [0.15, 0.2) is 0 Å². The van der Waals surface area contributed by atoms with E-state index in [2.05, 4.69) is 0 Å². The highest BCUT2D eigenvalue weighted by Gasteiger charge is 2.20. The Labute approximate surface area is 125 Å². The van der Waals surface area contributed by atoms with Crippen LogP contribution in [-0.4, -0.2) is 29.6 Å². The van der Waals surface area contributed by atoms with Crippen molar-refractivity contribution in [3.63, 3.8) is 0 Å². The van der Waals surface area contributed by atoms with Crippen LogP contribution in [0.3, 0.4) is 0 Å². The monoisotopic (exact) mass is 292 g/mol. The highest BCUT2D eigenvalue weighted by atomic mass is 16.4. The lowest BCUT2D eigenvalue weighted by Crippen LogP contribution is -2.37. The van der Waals surface area contributed by atoms with E-state index < -0.39 is 5.97 Å². The molecule has 0 aliphatic rings. The summed E-state index contributed by atoms with van der Waals surface area (Å²) in [7, 11) is 0. The van der Waals surface area contributed by atoms with E-state index in [1.54, 1.807) is 4.90 Å². The second-order valence-electron chi connectivity index (χ2n) is 5.23. The fourth-order valence-electron chi connectivity index (χ4n) is 2.26. The molecule has 1 aromatic rings. The van der Waals surface area contributed by atoms with Crippen molar-refractivity contribution in [1.29, 1.82) is 0 Å². The van der Waals surface area contributed by atoms with Gasteiger partial charge in [-0.15, -0.1) is 0 Å². The van der Waals surface area contributed by atoms with Crippen LogP contribution in [0.15, 0.2) is 24.3 Å². The van der Waals surface area contributed by atoms with E-state index in [1.165, 1.54) is 0 Å². The van der Waals surface area contributed by atoms with E-state index in [4.69, 9.17) is 10.8 Å². The van der Waals surface area contributed by atoms with Gasteiger partial charge in [-0.2, -0.15) is 0 Å². The molecule has 1 amide bonds. The van der Waals surface area contributed by atoms with Crippen LogP contribution in [-0.2, 0) is 9.59 Å². The third-order valence-electron chi connectivity index (χ3n) is 3.35. The number of rotatable bonds is 8. The first-order chi connectivity index (χ1) is 9.95. The SMILES string of the molecule is CCCC(N)CC(=O)N(CCC(=O)O)c1ccccc1C. The first-order valence-corrected chi connectivity index (χ1v) is 7.29. The summed E-state index contributed by atoms with van der Waals surface area (Å²) in [5.41, 5.74) is 7.63. The molecular weight excluding hydrogens is 268 g/mol. The lowest BCUT2D eigenvalue weighted by Gasteiger charge is -2.25. The number of benzene rings is 1. The van der Waals surface area contributed by atoms with E-state index >= 15 is 0 Å². The summed E-state index contributed by atoms with van der Waals surface area (Å²) in [6.45, 7) is 4.09. The molecule has 116 valence electrons. The molecule has 0 saturated heterocycles. The number of carboxylic acid groups (broad SMARTS) is 1. The molecule has 1 rings (SSSR count). The Hall–Kier alpha value is -1.88. The Kier molecular flexibility index (Phi) is 6.88. The van der Waals surface area contributed by atoms with Gasteiger partial charge in [0.1, 0.15) is 0 Å². The normalized spacial score (nSPS) is 12.0. The van der Waals surface area contributed by atoms with Crippen LogP contribution in [0, 0.1) is 6.92 Å². The number of aliphatic carboxylic acids is 1. The number of aryl methyl sites for hydroxylation is 1. The molecule has 1 atom stereocenters. The molecule has 5 nitrogen and oxygen atoms in total. The summed E-state index contributed by atoms with van der Waals surface area (Å²) in [4.78, 5) is 24.8. The fraction of sp³-hybridized carbons (Fsp3) is 0.500. The Balaban J connectivity index is 2.89. The van der Waals surface area contributed by atoms with Crippen molar-refractivity contribution in [2.75, 3.05) is 11.4 Å². The van der Waals surface area contributed by atoms with Crippen molar-refractivity contribution < 1.29 is 14.7 Å². The van der Waals surface area contributed by atoms with Gasteiger partial charge in [-0.25, -0.2) is 0 Å². The molecule has 21 heavy (non-hydrogen) atoms. The number of carboxylic acids is 1. The van der Waals surface area contributed by atoms with Crippen molar-refractivity contribution in [2.45, 2.75) is 45.6 Å². The van der Waals surface area contributed by atoms with Crippen molar-refractivity contribution in [3.05, 3.63) is 29.8 Å². The molecule has 3 N–H and O–H groups in total. The van der Waals surface area contributed by atoms with E-state index in [1.807, 2.05) is 38.1 Å². The lowest BCUT2D eigenvalue weighted by molar-refractivity contribution is -0.136. The number of nitrogens with two attached hydrogens (primary N) is 1. The quantitative estimate of drug-likeness (QED) is 0.770. The van der Waals surface area contributed by atoms with Crippen LogP contribution >= 0.6 is 0 Å². The zero-order valence-electron chi connectivity index (χ0n) is 12.7. The zero-order chi connectivity index (χ0) is 15.8. The van der Waals surface area contributed by atoms with Crippen LogP contribution in [0.25, 0.3) is 0 Å². The smallest absolute Gasteiger partial charge is 0.305 e. The molecule has 0 saturated carbocycles. The van der Waals surface area contributed by atoms with Crippen molar-refractivity contribution in [2.24, 2.45) is 5.73 Å². The van der Waals surface area contributed by atoms with Gasteiger partial charge in [-0.3, -0.25) is 9.59 Å². The summed E-state index contributed by atoms with van der Waals surface area (Å²) in [5, 5.41) is 8.86. The first-order valence-electron chi connectivity index (χ1n) is 7.29. The minimum absolute atomic E-state index is 0.0803. The Morgan fingerprint density at radius 3 is 2.57 bits per heavy atom. The van der Waals surface area contributed by atoms with Gasteiger partial charge in [0.05, 0.1) is 6.42 Å². The molecule has 0 aromatic heterocycles. The molecule has 0 aliphatic heterocycles. The minimum Gasteiger partial charge on any atom is -0.481 e. The van der Waals surface area contributed by atoms with E-state index in [0.717, 1.165) is 24.1 Å². The van der Waals surface area contributed by atoms with E-state index in [9.17, 15) is 9.59 Å². The van der Waals surface area contributed by atoms with Gasteiger partial charge < -0.3 is 15.7 Å². The van der Waals surface area contributed by atoms with Crippen LogP contribution in [0.1, 0.15) is 38.2 Å². The largest absolute Gasteiger partial charge is 0.481 e. The molecule has 0 spiro atoms. The summed E-state index contributed by atoms with van der Waals surface area (Å²) in [6.07, 6.45) is 1.87. The average Bonchev–Trinajstić information content (AvgIpc) is 2.40. The highest BCUT2D eigenvalue weighted by Crippen LogP contribution is 2.21. The Morgan fingerprint density at radius 2 is 2.00 bits per heavy atom. The number of carbonyl (C=O) groups is 2. The predicted octanol–water partition coefficient (Wildman–Crippen LogP) is 2.32. The summed E-state index contributed by atoms with van der Waals surface area (Å²) in [6, 6.07) is 7.29. The molecule has 5 heteroatoms. The lowest BCUT2D eigenvalue weighted by atomic mass is 10.1. The number of anilines is 1. The molecule has 0 aliphatic carbocycles. The topological polar surface area (TPSA) is 83.6 Å². The zero-order valence-corrected chi connectivity index (χ0v) is 12.7. The van der Waals surface area contributed by atoms with Crippen molar-refractivity contribution in [1.82, 2.24) is 0 Å². The van der Waals surface area contributed by atoms with Crippen LogP contribution in [0.4, 0.5) is 5.69 Å². The van der Waals surface area contributed by atoms with Crippen LogP contribution in [0.5, 0.6) is 0 Å². The molecule has 0 fully saturated rings. The minimum atomic E-state index is -0.917. The number of carbonyl (C=O) groups excluding carboxylic acids is 1. The highest BCUT2D eigenvalue weighted by molar-refractivity contribution is 5.94. The second kappa shape index (κ2) is 8.42. The maximum absolute atomic E-state index is 12.4. The summed E-state index contributed by atoms with van der Waals surface area (Å²) >= 11 is 0. The van der Waals surface area contributed by atoms with Crippen molar-refractivity contribution in [3.8, 4) is 0 Å². The third-order valence-corrected chi connectivity index (χ3v) is 3.35. The fourth-order valence-corrected chi connectivity index (χ4v) is 2.26. The van der Waals surface area contributed by atoms with Crippen LogP contribution in [0.2, 0.25) is 0 Å². The number of amides is 1. The maximum Gasteiger partial charge on any atom is 0.305 e. The molecular formula is C16H24N2O3. The van der Waals surface area contributed by atoms with E-state index in [-0.39, 0.29) is 31.3 Å². The van der Waals surface area contributed by atoms with E-state index in [0.29, 0.717) is 0 Å². The van der Waals surface area contributed by atoms with Gasteiger partial charge in [-0.05, 0) is 25.0 Å². The number of para-hydroxylation sites is 1. The second-order valence-corrected chi connectivity index (χ2v) is 5.23. The molecule has 0 heterocycles. The first kappa shape index (κ1) is 17.2. The number of nitrogens with zero attached hydrogens (tertiary/aromatic N) is 1. The summed E-state index contributed by atoms with van der Waals surface area (Å²) in [5.74, 6) is -1.04. The molecule has 0 bridgehead atoms. The average molecular weight is 292 g/mol. The van der Waals surface area contributed by atoms with Gasteiger partial charge >= 0.3 is 5.97 Å². The molecule has 1 aromatic carbocycles. The predicted molar refractivity (Wildman–Crippen MR) is 83.3 cm³/mol. The Bertz CT molecular complexity index is 488. The molecule has 1 unspecified atom stereocenters.